The first kappa shape index (κ1) is 15.7. The molecule has 0 atom stereocenters. The molecule has 1 fully saturated rings. The van der Waals surface area contributed by atoms with Gasteiger partial charge >= 0.3 is 11.7 Å². The number of aryl methyl sites for hydroxylation is 1. The molecule has 1 saturated heterocycles. The number of rotatable bonds is 4. The summed E-state index contributed by atoms with van der Waals surface area (Å²) in [5, 5.41) is 2.74. The molecule has 0 aliphatic carbocycles. The maximum Gasteiger partial charge on any atom is 0.339 e. The Morgan fingerprint density at radius 2 is 2.19 bits per heavy atom. The molecular weight excluding hydrogens is 296 g/mol. The predicted octanol–water partition coefficient (Wildman–Crippen LogP) is 1.74. The number of likely N-dealkylation sites (tertiary alicyclic amines) is 1. The van der Waals surface area contributed by atoms with Crippen LogP contribution in [-0.2, 0) is 0 Å². The van der Waals surface area contributed by atoms with Gasteiger partial charge in [-0.25, -0.2) is 9.59 Å². The van der Waals surface area contributed by atoms with E-state index in [4.69, 9.17) is 20.8 Å². The number of nitrogens with one attached hydrogen (secondary N) is 1. The van der Waals surface area contributed by atoms with E-state index in [-0.39, 0.29) is 12.1 Å². The van der Waals surface area contributed by atoms with Crippen LogP contribution in [0, 0.1) is 6.92 Å². The Bertz CT molecular complexity index is 538. The smallest absolute Gasteiger partial charge is 0.339 e. The van der Waals surface area contributed by atoms with E-state index in [2.05, 4.69) is 5.32 Å². The molecule has 0 radical (unpaired) electrons. The van der Waals surface area contributed by atoms with Crippen LogP contribution in [0.4, 0.5) is 4.79 Å². The van der Waals surface area contributed by atoms with E-state index in [0.717, 1.165) is 12.8 Å². The number of amides is 2. The summed E-state index contributed by atoms with van der Waals surface area (Å²) in [5.41, 5.74) is -0.414. The van der Waals surface area contributed by atoms with Gasteiger partial charge in [-0.2, -0.15) is 0 Å². The molecule has 7 heteroatoms. The molecule has 0 saturated carbocycles. The summed E-state index contributed by atoms with van der Waals surface area (Å²) in [4.78, 5) is 24.8. The predicted molar refractivity (Wildman–Crippen MR) is 79.1 cm³/mol. The van der Waals surface area contributed by atoms with Crippen molar-refractivity contribution in [2.75, 3.05) is 25.5 Å². The molecule has 2 amide bonds. The molecule has 1 N–H and O–H groups in total. The van der Waals surface area contributed by atoms with Gasteiger partial charge in [0.05, 0.1) is 6.07 Å². The zero-order chi connectivity index (χ0) is 15.2. The normalized spacial score (nSPS) is 15.8. The quantitative estimate of drug-likeness (QED) is 0.859. The standard InChI is InChI=1S/C14H19ClN2O4/c1-10-8-12(9-13(18)20-10)21-11-2-6-17(7-3-11)14(19)16-5-4-15/h8-9,11H,2-7H2,1H3,(H,16,19). The lowest BCUT2D eigenvalue weighted by Crippen LogP contribution is -2.46. The third-order valence-corrected chi connectivity index (χ3v) is 3.46. The highest BCUT2D eigenvalue weighted by Gasteiger charge is 2.23. The van der Waals surface area contributed by atoms with Gasteiger partial charge in [-0.3, -0.25) is 0 Å². The van der Waals surface area contributed by atoms with E-state index in [9.17, 15) is 9.59 Å². The minimum atomic E-state index is -0.414. The lowest BCUT2D eigenvalue weighted by molar-refractivity contribution is 0.110. The number of urea groups is 1. The van der Waals surface area contributed by atoms with E-state index in [1.54, 1.807) is 17.9 Å². The summed E-state index contributed by atoms with van der Waals surface area (Å²) in [6, 6.07) is 2.94. The fourth-order valence-electron chi connectivity index (χ4n) is 2.28. The molecule has 116 valence electrons. The highest BCUT2D eigenvalue weighted by molar-refractivity contribution is 6.18. The average Bonchev–Trinajstić information content (AvgIpc) is 2.44. The molecule has 1 aliphatic rings. The summed E-state index contributed by atoms with van der Waals surface area (Å²) < 4.78 is 10.7. The molecule has 6 nitrogen and oxygen atoms in total. The van der Waals surface area contributed by atoms with Crippen molar-refractivity contribution in [1.29, 1.82) is 0 Å². The molecule has 1 aromatic rings. The summed E-state index contributed by atoms with van der Waals surface area (Å²) in [5.74, 6) is 1.45. The third kappa shape index (κ3) is 4.67. The number of piperidine rings is 1. The Kier molecular flexibility index (Phi) is 5.50. The van der Waals surface area contributed by atoms with Gasteiger partial charge in [-0.1, -0.05) is 0 Å². The van der Waals surface area contributed by atoms with Crippen molar-refractivity contribution in [3.63, 3.8) is 0 Å². The Morgan fingerprint density at radius 3 is 2.81 bits per heavy atom. The van der Waals surface area contributed by atoms with Gasteiger partial charge in [-0.15, -0.1) is 11.6 Å². The van der Waals surface area contributed by atoms with Crippen LogP contribution < -0.4 is 15.7 Å². The van der Waals surface area contributed by atoms with Crippen molar-refractivity contribution in [1.82, 2.24) is 10.2 Å². The van der Waals surface area contributed by atoms with Crippen LogP contribution in [-0.4, -0.2) is 42.5 Å². The first-order valence-electron chi connectivity index (χ1n) is 6.95. The first-order chi connectivity index (χ1) is 10.1. The summed E-state index contributed by atoms with van der Waals surface area (Å²) in [6.45, 7) is 3.42. The molecule has 1 aromatic heterocycles. The molecule has 0 spiro atoms. The monoisotopic (exact) mass is 314 g/mol. The molecule has 0 bridgehead atoms. The van der Waals surface area contributed by atoms with E-state index < -0.39 is 5.63 Å². The van der Waals surface area contributed by atoms with Gasteiger partial charge in [0, 0.05) is 44.4 Å². The van der Waals surface area contributed by atoms with E-state index in [0.29, 0.717) is 37.0 Å². The lowest BCUT2D eigenvalue weighted by atomic mass is 10.1. The van der Waals surface area contributed by atoms with Gasteiger partial charge in [0.25, 0.3) is 0 Å². The second-order valence-corrected chi connectivity index (χ2v) is 5.33. The van der Waals surface area contributed by atoms with Crippen molar-refractivity contribution >= 4 is 17.6 Å². The number of carbonyl (C=O) groups is 1. The lowest BCUT2D eigenvalue weighted by Gasteiger charge is -2.32. The molecule has 0 aromatic carbocycles. The van der Waals surface area contributed by atoms with Crippen LogP contribution in [0.1, 0.15) is 18.6 Å². The van der Waals surface area contributed by atoms with Crippen LogP contribution in [0.3, 0.4) is 0 Å². The number of nitrogens with zero attached hydrogens (tertiary/aromatic N) is 1. The van der Waals surface area contributed by atoms with Gasteiger partial charge in [0.1, 0.15) is 17.6 Å². The Hall–Kier alpha value is -1.69. The molecule has 21 heavy (non-hydrogen) atoms. The van der Waals surface area contributed by atoms with Crippen molar-refractivity contribution in [2.45, 2.75) is 25.9 Å². The summed E-state index contributed by atoms with van der Waals surface area (Å²) in [7, 11) is 0. The Balaban J connectivity index is 1.84. The molecule has 1 aliphatic heterocycles. The number of hydrogen-bond acceptors (Lipinski definition) is 4. The molecule has 0 unspecified atom stereocenters. The van der Waals surface area contributed by atoms with Crippen molar-refractivity contribution in [3.05, 3.63) is 28.3 Å². The largest absolute Gasteiger partial charge is 0.490 e. The molecule has 2 heterocycles. The number of ether oxygens (including phenoxy) is 1. The Morgan fingerprint density at radius 1 is 1.48 bits per heavy atom. The zero-order valence-corrected chi connectivity index (χ0v) is 12.7. The second kappa shape index (κ2) is 7.36. The summed E-state index contributed by atoms with van der Waals surface area (Å²) >= 11 is 5.54. The van der Waals surface area contributed by atoms with Gasteiger partial charge in [-0.05, 0) is 6.92 Å². The highest BCUT2D eigenvalue weighted by Crippen LogP contribution is 2.18. The van der Waals surface area contributed by atoms with E-state index >= 15 is 0 Å². The van der Waals surface area contributed by atoms with Crippen LogP contribution in [0.5, 0.6) is 5.75 Å². The van der Waals surface area contributed by atoms with Gasteiger partial charge in [0.2, 0.25) is 0 Å². The van der Waals surface area contributed by atoms with E-state index in [1.807, 2.05) is 0 Å². The minimum Gasteiger partial charge on any atom is -0.490 e. The summed E-state index contributed by atoms with van der Waals surface area (Å²) in [6.07, 6.45) is 1.46. The van der Waals surface area contributed by atoms with Crippen molar-refractivity contribution < 1.29 is 13.9 Å². The van der Waals surface area contributed by atoms with Crippen LogP contribution >= 0.6 is 11.6 Å². The number of carbonyl (C=O) groups excluding carboxylic acids is 1. The molecule has 2 rings (SSSR count). The maximum absolute atomic E-state index is 11.8. The number of hydrogen-bond donors (Lipinski definition) is 1. The first-order valence-corrected chi connectivity index (χ1v) is 7.49. The number of alkyl halides is 1. The highest BCUT2D eigenvalue weighted by atomic mass is 35.5. The average molecular weight is 315 g/mol. The van der Waals surface area contributed by atoms with Crippen molar-refractivity contribution in [3.8, 4) is 5.75 Å². The fourth-order valence-corrected chi connectivity index (χ4v) is 2.37. The fraction of sp³-hybridized carbons (Fsp3) is 0.571. The van der Waals surface area contributed by atoms with Crippen LogP contribution in [0.15, 0.2) is 21.3 Å². The van der Waals surface area contributed by atoms with Gasteiger partial charge < -0.3 is 19.4 Å². The van der Waals surface area contributed by atoms with Crippen molar-refractivity contribution in [2.24, 2.45) is 0 Å². The van der Waals surface area contributed by atoms with Crippen LogP contribution in [0.25, 0.3) is 0 Å². The van der Waals surface area contributed by atoms with Crippen LogP contribution in [0.2, 0.25) is 0 Å². The maximum atomic E-state index is 11.8. The van der Waals surface area contributed by atoms with Gasteiger partial charge in [0.15, 0.2) is 0 Å². The number of halogens is 1. The third-order valence-electron chi connectivity index (χ3n) is 3.27. The molecular formula is C14H19ClN2O4. The minimum absolute atomic E-state index is 0.00303. The topological polar surface area (TPSA) is 71.8 Å². The zero-order valence-electron chi connectivity index (χ0n) is 11.9. The Labute approximate surface area is 128 Å². The SMILES string of the molecule is Cc1cc(OC2CCN(C(=O)NCCCl)CC2)cc(=O)o1. The van der Waals surface area contributed by atoms with E-state index in [1.165, 1.54) is 6.07 Å². The second-order valence-electron chi connectivity index (χ2n) is 4.95.